The molecule has 0 bridgehead atoms. The highest BCUT2D eigenvalue weighted by molar-refractivity contribution is 6.06. The van der Waals surface area contributed by atoms with Crippen LogP contribution in [0.4, 0.5) is 0 Å². The monoisotopic (exact) mass is 458 g/mol. The summed E-state index contributed by atoms with van der Waals surface area (Å²) in [4.78, 5) is 43.0. The minimum atomic E-state index is -0.490. The predicted molar refractivity (Wildman–Crippen MR) is 135 cm³/mol. The molecule has 1 aliphatic rings. The van der Waals surface area contributed by atoms with E-state index in [0.29, 0.717) is 23.3 Å². The lowest BCUT2D eigenvalue weighted by molar-refractivity contribution is -0.135. The Bertz CT molecular complexity index is 1510. The number of aromatic nitrogens is 3. The van der Waals surface area contributed by atoms with E-state index in [1.165, 1.54) is 9.13 Å². The molecule has 1 atom stereocenters. The Morgan fingerprint density at radius 3 is 2.53 bits per heavy atom. The Balaban J connectivity index is 1.80. The first-order valence-electron chi connectivity index (χ1n) is 12.0. The largest absolute Gasteiger partial charge is 0.338 e. The summed E-state index contributed by atoms with van der Waals surface area (Å²) in [5, 5.41) is 0.811. The molecular formula is C27H30N4O3. The molecule has 1 unspecified atom stereocenters. The first-order chi connectivity index (χ1) is 16.4. The number of carbonyl (C=O) groups is 1. The first-order valence-corrected chi connectivity index (χ1v) is 12.0. The fourth-order valence-electron chi connectivity index (χ4n) is 5.40. The average molecular weight is 459 g/mol. The number of hydrogen-bond acceptors (Lipinski definition) is 3. The fourth-order valence-corrected chi connectivity index (χ4v) is 5.40. The van der Waals surface area contributed by atoms with E-state index in [4.69, 9.17) is 0 Å². The van der Waals surface area contributed by atoms with Crippen LogP contribution in [0.25, 0.3) is 27.6 Å². The van der Waals surface area contributed by atoms with Crippen molar-refractivity contribution in [2.75, 3.05) is 6.54 Å². The predicted octanol–water partition coefficient (Wildman–Crippen LogP) is 3.74. The van der Waals surface area contributed by atoms with Gasteiger partial charge in [-0.3, -0.25) is 14.2 Å². The second-order valence-electron chi connectivity index (χ2n) is 9.27. The third kappa shape index (κ3) is 3.47. The van der Waals surface area contributed by atoms with Crippen molar-refractivity contribution in [1.82, 2.24) is 18.6 Å². The fraction of sp³-hybridized carbons (Fsp3) is 0.370. The molecule has 3 heterocycles. The minimum Gasteiger partial charge on any atom is -0.338 e. The van der Waals surface area contributed by atoms with E-state index < -0.39 is 5.69 Å². The number of nitrogens with zero attached hydrogens (tertiary/aromatic N) is 4. The van der Waals surface area contributed by atoms with Gasteiger partial charge in [0.15, 0.2) is 0 Å². The summed E-state index contributed by atoms with van der Waals surface area (Å²) in [6.07, 6.45) is 3.98. The van der Waals surface area contributed by atoms with Crippen molar-refractivity contribution in [3.05, 3.63) is 74.9 Å². The molecule has 4 aromatic rings. The van der Waals surface area contributed by atoms with Crippen molar-refractivity contribution in [3.8, 4) is 5.69 Å². The van der Waals surface area contributed by atoms with Crippen molar-refractivity contribution in [3.63, 3.8) is 0 Å². The highest BCUT2D eigenvalue weighted by Crippen LogP contribution is 2.27. The van der Waals surface area contributed by atoms with E-state index in [1.807, 2.05) is 47.7 Å². The zero-order chi connectivity index (χ0) is 24.0. The molecule has 34 heavy (non-hydrogen) atoms. The topological polar surface area (TPSA) is 69.2 Å². The molecule has 1 saturated heterocycles. The second-order valence-corrected chi connectivity index (χ2v) is 9.27. The zero-order valence-electron chi connectivity index (χ0n) is 20.0. The van der Waals surface area contributed by atoms with Crippen LogP contribution < -0.4 is 11.2 Å². The van der Waals surface area contributed by atoms with Crippen molar-refractivity contribution in [2.45, 2.75) is 52.1 Å². The Morgan fingerprint density at radius 2 is 1.79 bits per heavy atom. The molecule has 1 fully saturated rings. The molecule has 1 aliphatic heterocycles. The van der Waals surface area contributed by atoms with Gasteiger partial charge in [-0.2, -0.15) is 0 Å². The number of aryl methyl sites for hydroxylation is 2. The standard InChI is InChI=1S/C27H30N4O3/c1-4-19-10-8-9-15-29(19)23(32)17-30-24-21-16-18(2)13-14-22(21)28(3)25(24)26(33)31(27(30)34)20-11-6-5-7-12-20/h5-7,11-14,16,19H,4,8-10,15,17H2,1-3H3. The number of carbonyl (C=O) groups excluding carboxylic acids is 1. The molecule has 7 heteroatoms. The van der Waals surface area contributed by atoms with Gasteiger partial charge in [-0.15, -0.1) is 0 Å². The van der Waals surface area contributed by atoms with Crippen molar-refractivity contribution in [2.24, 2.45) is 7.05 Å². The minimum absolute atomic E-state index is 0.0714. The summed E-state index contributed by atoms with van der Waals surface area (Å²) in [6.45, 7) is 4.70. The van der Waals surface area contributed by atoms with Crippen molar-refractivity contribution >= 4 is 27.8 Å². The Morgan fingerprint density at radius 1 is 1.03 bits per heavy atom. The van der Waals surface area contributed by atoms with Crippen LogP contribution in [-0.2, 0) is 18.4 Å². The second kappa shape index (κ2) is 8.63. The van der Waals surface area contributed by atoms with Crippen LogP contribution in [0.15, 0.2) is 58.1 Å². The Kier molecular flexibility index (Phi) is 5.63. The van der Waals surface area contributed by atoms with E-state index in [-0.39, 0.29) is 24.1 Å². The molecule has 0 saturated carbocycles. The van der Waals surface area contributed by atoms with Gasteiger partial charge in [0.1, 0.15) is 12.1 Å². The maximum atomic E-state index is 13.9. The molecule has 0 radical (unpaired) electrons. The lowest BCUT2D eigenvalue weighted by Crippen LogP contribution is -2.47. The summed E-state index contributed by atoms with van der Waals surface area (Å²) in [5.74, 6) is -0.0714. The number of fused-ring (bicyclic) bond motifs is 3. The summed E-state index contributed by atoms with van der Waals surface area (Å²) in [5.41, 5.74) is 2.45. The number of piperidine rings is 1. The molecule has 2 aromatic carbocycles. The molecule has 2 aromatic heterocycles. The molecule has 0 N–H and O–H groups in total. The van der Waals surface area contributed by atoms with Gasteiger partial charge < -0.3 is 9.47 Å². The number of para-hydroxylation sites is 1. The van der Waals surface area contributed by atoms with Gasteiger partial charge in [0.25, 0.3) is 5.56 Å². The van der Waals surface area contributed by atoms with Gasteiger partial charge in [-0.05, 0) is 56.9 Å². The lowest BCUT2D eigenvalue weighted by atomic mass is 10.00. The van der Waals surface area contributed by atoms with Gasteiger partial charge in [0, 0.05) is 25.0 Å². The number of rotatable bonds is 4. The number of hydrogen-bond donors (Lipinski definition) is 0. The highest BCUT2D eigenvalue weighted by Gasteiger charge is 2.28. The molecule has 176 valence electrons. The van der Waals surface area contributed by atoms with Crippen molar-refractivity contribution in [1.29, 1.82) is 0 Å². The summed E-state index contributed by atoms with van der Waals surface area (Å²) < 4.78 is 4.53. The quantitative estimate of drug-likeness (QED) is 0.468. The SMILES string of the molecule is CCC1CCCCN1C(=O)Cn1c(=O)n(-c2ccccc2)c(=O)c2c1c1cc(C)ccc1n2C. The number of benzene rings is 2. The third-order valence-electron chi connectivity index (χ3n) is 7.15. The van der Waals surface area contributed by atoms with Gasteiger partial charge in [-0.25, -0.2) is 9.36 Å². The summed E-state index contributed by atoms with van der Waals surface area (Å²) in [6, 6.07) is 15.1. The van der Waals surface area contributed by atoms with Crippen LogP contribution in [0.2, 0.25) is 0 Å². The lowest BCUT2D eigenvalue weighted by Gasteiger charge is -2.35. The van der Waals surface area contributed by atoms with Gasteiger partial charge in [-0.1, -0.05) is 36.8 Å². The maximum absolute atomic E-state index is 13.9. The van der Waals surface area contributed by atoms with Gasteiger partial charge >= 0.3 is 5.69 Å². The third-order valence-corrected chi connectivity index (χ3v) is 7.15. The van der Waals surface area contributed by atoms with E-state index in [2.05, 4.69) is 6.92 Å². The maximum Gasteiger partial charge on any atom is 0.336 e. The normalized spacial score (nSPS) is 16.4. The first kappa shape index (κ1) is 22.2. The van der Waals surface area contributed by atoms with E-state index in [1.54, 1.807) is 24.3 Å². The van der Waals surface area contributed by atoms with Crippen LogP contribution >= 0.6 is 0 Å². The Hall–Kier alpha value is -3.61. The molecule has 0 aliphatic carbocycles. The van der Waals surface area contributed by atoms with Crippen LogP contribution in [0.1, 0.15) is 38.2 Å². The van der Waals surface area contributed by atoms with E-state index in [9.17, 15) is 14.4 Å². The Labute approximate surface area is 197 Å². The van der Waals surface area contributed by atoms with Crippen molar-refractivity contribution < 1.29 is 4.79 Å². The zero-order valence-corrected chi connectivity index (χ0v) is 20.0. The smallest absolute Gasteiger partial charge is 0.336 e. The van der Waals surface area contributed by atoms with Gasteiger partial charge in [0.2, 0.25) is 5.91 Å². The highest BCUT2D eigenvalue weighted by atomic mass is 16.2. The number of amides is 1. The van der Waals surface area contributed by atoms with Crippen LogP contribution in [-0.4, -0.2) is 37.1 Å². The van der Waals surface area contributed by atoms with E-state index >= 15 is 0 Å². The molecule has 0 spiro atoms. The van der Waals surface area contributed by atoms with Crippen LogP contribution in [0.5, 0.6) is 0 Å². The average Bonchev–Trinajstić information content (AvgIpc) is 3.14. The summed E-state index contributed by atoms with van der Waals surface area (Å²) >= 11 is 0. The molecule has 5 rings (SSSR count). The summed E-state index contributed by atoms with van der Waals surface area (Å²) in [7, 11) is 1.84. The van der Waals surface area contributed by atoms with Gasteiger partial charge in [0.05, 0.1) is 16.7 Å². The molecule has 7 nitrogen and oxygen atoms in total. The molecule has 1 amide bonds. The van der Waals surface area contributed by atoms with E-state index in [0.717, 1.165) is 42.1 Å². The molecular weight excluding hydrogens is 428 g/mol. The van der Waals surface area contributed by atoms with Crippen LogP contribution in [0.3, 0.4) is 0 Å². The van der Waals surface area contributed by atoms with Crippen LogP contribution in [0, 0.1) is 6.92 Å². The number of likely N-dealkylation sites (tertiary alicyclic amines) is 1.